The van der Waals surface area contributed by atoms with E-state index in [-0.39, 0.29) is 36.8 Å². The third kappa shape index (κ3) is 4.24. The summed E-state index contributed by atoms with van der Waals surface area (Å²) in [6.07, 6.45) is 7.97. The molecule has 3 aromatic rings. The van der Waals surface area contributed by atoms with E-state index in [4.69, 9.17) is 4.42 Å². The number of hydrogen-bond acceptors (Lipinski definition) is 4. The maximum Gasteiger partial charge on any atom is 0.273 e. The molecule has 1 aromatic carbocycles. The van der Waals surface area contributed by atoms with Crippen molar-refractivity contribution in [2.75, 3.05) is 0 Å². The van der Waals surface area contributed by atoms with Crippen LogP contribution < -0.4 is 5.32 Å². The highest BCUT2D eigenvalue weighted by atomic mass is 19.1. The standard InChI is InChI=1S/C26H29FN4O3/c1-26(25(33)28-20-10-4-2-3-5-11-20)17-31-22(15-21(29-31)23-12-7-13-34-23)24(32)30(26)16-18-8-6-9-19(27)14-18/h6-9,12-15,20H,2-5,10-11,16-17H2,1H3,(H,28,33). The maximum absolute atomic E-state index is 13.9. The Morgan fingerprint density at radius 3 is 2.68 bits per heavy atom. The van der Waals surface area contributed by atoms with Gasteiger partial charge in [0.05, 0.1) is 12.8 Å². The molecule has 3 heterocycles. The fourth-order valence-corrected chi connectivity index (χ4v) is 5.02. The Morgan fingerprint density at radius 2 is 1.97 bits per heavy atom. The van der Waals surface area contributed by atoms with Crippen LogP contribution in [0.15, 0.2) is 53.1 Å². The lowest BCUT2D eigenvalue weighted by Crippen LogP contribution is -2.64. The SMILES string of the molecule is CC1(C(=O)NC2CCCCCC2)Cn2nc(-c3ccco3)cc2C(=O)N1Cc1cccc(F)c1. The van der Waals surface area contributed by atoms with Gasteiger partial charge in [0.2, 0.25) is 5.91 Å². The summed E-state index contributed by atoms with van der Waals surface area (Å²) < 4.78 is 21.0. The second kappa shape index (κ2) is 9.08. The van der Waals surface area contributed by atoms with Crippen molar-refractivity contribution in [1.29, 1.82) is 0 Å². The Balaban J connectivity index is 1.50. The Bertz CT molecular complexity index is 1180. The van der Waals surface area contributed by atoms with Gasteiger partial charge in [0, 0.05) is 18.7 Å². The number of benzene rings is 1. The predicted octanol–water partition coefficient (Wildman–Crippen LogP) is 4.54. The summed E-state index contributed by atoms with van der Waals surface area (Å²) in [6.45, 7) is 2.09. The molecule has 1 fully saturated rings. The Kier molecular flexibility index (Phi) is 5.98. The number of carbonyl (C=O) groups is 2. The molecule has 1 saturated carbocycles. The van der Waals surface area contributed by atoms with Crippen LogP contribution in [0.4, 0.5) is 4.39 Å². The van der Waals surface area contributed by atoms with Crippen molar-refractivity contribution in [2.45, 2.75) is 70.1 Å². The third-order valence-corrected chi connectivity index (χ3v) is 6.98. The normalized spacial score (nSPS) is 21.2. The summed E-state index contributed by atoms with van der Waals surface area (Å²) >= 11 is 0. The zero-order chi connectivity index (χ0) is 23.7. The van der Waals surface area contributed by atoms with Crippen LogP contribution in [0.5, 0.6) is 0 Å². The summed E-state index contributed by atoms with van der Waals surface area (Å²) in [5.41, 5.74) is 0.353. The highest BCUT2D eigenvalue weighted by molar-refractivity contribution is 6.00. The van der Waals surface area contributed by atoms with Crippen LogP contribution in [0.1, 0.15) is 61.5 Å². The summed E-state index contributed by atoms with van der Waals surface area (Å²) in [5, 5.41) is 7.79. The molecule has 8 heteroatoms. The second-order valence-electron chi connectivity index (χ2n) is 9.51. The number of carbonyl (C=O) groups excluding carboxylic acids is 2. The van der Waals surface area contributed by atoms with E-state index in [1.54, 1.807) is 53.1 Å². The van der Waals surface area contributed by atoms with Crippen LogP contribution in [-0.4, -0.2) is 38.1 Å². The van der Waals surface area contributed by atoms with Gasteiger partial charge in [0.25, 0.3) is 5.91 Å². The largest absolute Gasteiger partial charge is 0.463 e. The van der Waals surface area contributed by atoms with Crippen LogP contribution in [0, 0.1) is 5.82 Å². The Labute approximate surface area is 197 Å². The minimum absolute atomic E-state index is 0.0932. The Hall–Kier alpha value is -3.42. The van der Waals surface area contributed by atoms with E-state index in [1.165, 1.54) is 25.0 Å². The van der Waals surface area contributed by atoms with Crippen LogP contribution >= 0.6 is 0 Å². The first kappa shape index (κ1) is 22.4. The molecule has 1 N–H and O–H groups in total. The number of rotatable bonds is 5. The van der Waals surface area contributed by atoms with Gasteiger partial charge < -0.3 is 14.6 Å². The summed E-state index contributed by atoms with van der Waals surface area (Å²) in [4.78, 5) is 29.0. The number of fused-ring (bicyclic) bond motifs is 1. The highest BCUT2D eigenvalue weighted by Gasteiger charge is 2.48. The molecule has 2 aliphatic rings. The van der Waals surface area contributed by atoms with E-state index in [9.17, 15) is 14.0 Å². The van der Waals surface area contributed by atoms with E-state index in [0.717, 1.165) is 25.7 Å². The van der Waals surface area contributed by atoms with E-state index in [0.29, 0.717) is 22.7 Å². The molecular formula is C26H29FN4O3. The molecule has 0 radical (unpaired) electrons. The van der Waals surface area contributed by atoms with Crippen molar-refractivity contribution in [3.63, 3.8) is 0 Å². The number of nitrogens with one attached hydrogen (secondary N) is 1. The van der Waals surface area contributed by atoms with Crippen LogP contribution in [0.2, 0.25) is 0 Å². The van der Waals surface area contributed by atoms with Crippen molar-refractivity contribution in [1.82, 2.24) is 20.0 Å². The smallest absolute Gasteiger partial charge is 0.273 e. The first-order chi connectivity index (χ1) is 16.4. The van der Waals surface area contributed by atoms with E-state index in [2.05, 4.69) is 10.4 Å². The fraction of sp³-hybridized carbons (Fsp3) is 0.423. The average Bonchev–Trinajstić information content (AvgIpc) is 3.42. The van der Waals surface area contributed by atoms with Crippen molar-refractivity contribution in [3.8, 4) is 11.5 Å². The van der Waals surface area contributed by atoms with Crippen molar-refractivity contribution >= 4 is 11.8 Å². The van der Waals surface area contributed by atoms with Crippen molar-refractivity contribution < 1.29 is 18.4 Å². The van der Waals surface area contributed by atoms with E-state index < -0.39 is 5.54 Å². The number of hydrogen-bond donors (Lipinski definition) is 1. The van der Waals surface area contributed by atoms with Crippen molar-refractivity contribution in [3.05, 3.63) is 65.8 Å². The fourth-order valence-electron chi connectivity index (χ4n) is 5.02. The first-order valence-corrected chi connectivity index (χ1v) is 11.9. The molecule has 34 heavy (non-hydrogen) atoms. The zero-order valence-corrected chi connectivity index (χ0v) is 19.3. The van der Waals surface area contributed by atoms with Gasteiger partial charge in [-0.05, 0) is 49.6 Å². The van der Waals surface area contributed by atoms with Gasteiger partial charge in [-0.15, -0.1) is 0 Å². The number of halogens is 1. The summed E-state index contributed by atoms with van der Waals surface area (Å²) in [7, 11) is 0. The van der Waals surface area contributed by atoms with Gasteiger partial charge in [0.15, 0.2) is 5.76 Å². The lowest BCUT2D eigenvalue weighted by molar-refractivity contribution is -0.134. The molecule has 178 valence electrons. The molecule has 2 amide bonds. The number of furan rings is 1. The summed E-state index contributed by atoms with van der Waals surface area (Å²) in [5.74, 6) is -0.350. The molecule has 1 atom stereocenters. The van der Waals surface area contributed by atoms with Gasteiger partial charge >= 0.3 is 0 Å². The molecular weight excluding hydrogens is 435 g/mol. The molecule has 0 saturated heterocycles. The Morgan fingerprint density at radius 1 is 1.18 bits per heavy atom. The van der Waals surface area contributed by atoms with Gasteiger partial charge in [-0.25, -0.2) is 4.39 Å². The molecule has 0 spiro atoms. The maximum atomic E-state index is 13.9. The van der Waals surface area contributed by atoms with Gasteiger partial charge in [-0.1, -0.05) is 37.8 Å². The van der Waals surface area contributed by atoms with Gasteiger partial charge in [-0.2, -0.15) is 5.10 Å². The van der Waals surface area contributed by atoms with Gasteiger partial charge in [0.1, 0.15) is 22.7 Å². The number of amides is 2. The zero-order valence-electron chi connectivity index (χ0n) is 19.3. The van der Waals surface area contributed by atoms with Crippen LogP contribution in [0.25, 0.3) is 11.5 Å². The quantitative estimate of drug-likeness (QED) is 0.563. The first-order valence-electron chi connectivity index (χ1n) is 11.9. The molecule has 7 nitrogen and oxygen atoms in total. The van der Waals surface area contributed by atoms with Gasteiger partial charge in [-0.3, -0.25) is 14.3 Å². The minimum Gasteiger partial charge on any atom is -0.463 e. The van der Waals surface area contributed by atoms with E-state index in [1.807, 2.05) is 0 Å². The highest BCUT2D eigenvalue weighted by Crippen LogP contribution is 2.32. The predicted molar refractivity (Wildman–Crippen MR) is 124 cm³/mol. The lowest BCUT2D eigenvalue weighted by atomic mass is 9.93. The third-order valence-electron chi connectivity index (χ3n) is 6.98. The van der Waals surface area contributed by atoms with E-state index >= 15 is 0 Å². The molecule has 1 aliphatic carbocycles. The monoisotopic (exact) mass is 464 g/mol. The summed E-state index contributed by atoms with van der Waals surface area (Å²) in [6, 6.07) is 11.5. The second-order valence-corrected chi connectivity index (χ2v) is 9.51. The average molecular weight is 465 g/mol. The lowest BCUT2D eigenvalue weighted by Gasteiger charge is -2.44. The number of aromatic nitrogens is 2. The molecule has 5 rings (SSSR count). The van der Waals surface area contributed by atoms with Crippen LogP contribution in [0.3, 0.4) is 0 Å². The molecule has 1 unspecified atom stereocenters. The molecule has 0 bridgehead atoms. The van der Waals surface area contributed by atoms with Crippen LogP contribution in [-0.2, 0) is 17.9 Å². The topological polar surface area (TPSA) is 80.4 Å². The minimum atomic E-state index is -1.19. The molecule has 1 aliphatic heterocycles. The molecule has 2 aromatic heterocycles. The number of nitrogens with zero attached hydrogens (tertiary/aromatic N) is 3. The van der Waals surface area contributed by atoms with Crippen molar-refractivity contribution in [2.24, 2.45) is 0 Å².